The van der Waals surface area contributed by atoms with E-state index >= 15 is 0 Å². The second-order valence-corrected chi connectivity index (χ2v) is 4.45. The Morgan fingerprint density at radius 1 is 1.38 bits per heavy atom. The third-order valence-corrected chi connectivity index (χ3v) is 2.97. The van der Waals surface area contributed by atoms with Crippen LogP contribution in [0.2, 0.25) is 0 Å². The van der Waals surface area contributed by atoms with Gasteiger partial charge in [0, 0.05) is 32.6 Å². The molecule has 4 heteroatoms. The molecule has 1 saturated heterocycles. The molecule has 1 fully saturated rings. The third kappa shape index (κ3) is 3.07. The van der Waals surface area contributed by atoms with Gasteiger partial charge in [0.2, 0.25) is 0 Å². The number of aryl methyl sites for hydroxylation is 1. The molecular weight excluding hydrogens is 206 g/mol. The maximum Gasteiger partial charge on any atom is 0.117 e. The fourth-order valence-corrected chi connectivity index (χ4v) is 1.93. The van der Waals surface area contributed by atoms with Gasteiger partial charge in [0.25, 0.3) is 0 Å². The van der Waals surface area contributed by atoms with Crippen LogP contribution in [0.1, 0.15) is 24.4 Å². The van der Waals surface area contributed by atoms with Gasteiger partial charge in [0.15, 0.2) is 0 Å². The summed E-state index contributed by atoms with van der Waals surface area (Å²) in [6.45, 7) is 4.48. The van der Waals surface area contributed by atoms with E-state index in [-0.39, 0.29) is 0 Å². The van der Waals surface area contributed by atoms with E-state index in [0.29, 0.717) is 39.1 Å². The summed E-state index contributed by atoms with van der Waals surface area (Å²) in [6.07, 6.45) is 1.41. The minimum absolute atomic E-state index is 0.593. The average molecular weight is 225 g/mol. The summed E-state index contributed by atoms with van der Waals surface area (Å²) >= 11 is 0. The van der Waals surface area contributed by atoms with Crippen molar-refractivity contribution in [3.05, 3.63) is 23.7 Å². The Kier molecular flexibility index (Phi) is 3.63. The second kappa shape index (κ2) is 4.99. The summed E-state index contributed by atoms with van der Waals surface area (Å²) in [7, 11) is 0. The van der Waals surface area contributed by atoms with E-state index in [2.05, 4.69) is 5.32 Å². The first-order valence-electron chi connectivity index (χ1n) is 5.74. The van der Waals surface area contributed by atoms with E-state index in [1.54, 1.807) is 0 Å². The molecule has 2 N–H and O–H groups in total. The smallest absolute Gasteiger partial charge is 0.117 e. The molecule has 2 heterocycles. The van der Waals surface area contributed by atoms with Gasteiger partial charge in [0.1, 0.15) is 11.5 Å². The van der Waals surface area contributed by atoms with E-state index in [1.165, 1.54) is 0 Å². The Hall–Kier alpha value is -0.840. The van der Waals surface area contributed by atoms with Crippen molar-refractivity contribution in [2.75, 3.05) is 19.8 Å². The highest BCUT2D eigenvalue weighted by Crippen LogP contribution is 2.19. The van der Waals surface area contributed by atoms with Crippen molar-refractivity contribution < 1.29 is 14.3 Å². The van der Waals surface area contributed by atoms with Crippen molar-refractivity contribution >= 4 is 0 Å². The van der Waals surface area contributed by atoms with Gasteiger partial charge in [-0.25, -0.2) is 0 Å². The topological polar surface area (TPSA) is 54.6 Å². The van der Waals surface area contributed by atoms with Gasteiger partial charge in [-0.2, -0.15) is 0 Å². The molecule has 0 aliphatic carbocycles. The number of furan rings is 1. The highest BCUT2D eigenvalue weighted by atomic mass is 16.5. The Balaban J connectivity index is 1.74. The molecule has 16 heavy (non-hydrogen) atoms. The number of nitrogens with one attached hydrogen (secondary N) is 1. The summed E-state index contributed by atoms with van der Waals surface area (Å²) < 4.78 is 10.7. The van der Waals surface area contributed by atoms with Crippen LogP contribution < -0.4 is 5.32 Å². The third-order valence-electron chi connectivity index (χ3n) is 2.97. The van der Waals surface area contributed by atoms with Gasteiger partial charge in [0.05, 0.1) is 12.1 Å². The molecule has 1 aromatic heterocycles. The molecule has 0 amide bonds. The van der Waals surface area contributed by atoms with Gasteiger partial charge in [-0.1, -0.05) is 0 Å². The predicted octanol–water partition coefficient (Wildman–Crippen LogP) is 1.22. The molecule has 4 nitrogen and oxygen atoms in total. The molecule has 0 bridgehead atoms. The van der Waals surface area contributed by atoms with E-state index in [4.69, 9.17) is 9.15 Å². The number of ether oxygens (including phenoxy) is 1. The average Bonchev–Trinajstić information content (AvgIpc) is 2.65. The first-order chi connectivity index (χ1) is 7.68. The van der Waals surface area contributed by atoms with Crippen LogP contribution in [-0.2, 0) is 11.3 Å². The largest absolute Gasteiger partial charge is 0.465 e. The minimum atomic E-state index is -0.611. The first kappa shape index (κ1) is 11.6. The van der Waals surface area contributed by atoms with Crippen molar-refractivity contribution in [2.45, 2.75) is 31.9 Å². The molecule has 1 aromatic rings. The van der Waals surface area contributed by atoms with Crippen LogP contribution in [0.4, 0.5) is 0 Å². The zero-order valence-corrected chi connectivity index (χ0v) is 9.66. The standard InChI is InChI=1S/C12H19NO3/c1-10-2-3-11(16-10)8-13-9-12(14)4-6-15-7-5-12/h2-3,13-14H,4-9H2,1H3. The summed E-state index contributed by atoms with van der Waals surface area (Å²) in [5.74, 6) is 1.83. The van der Waals surface area contributed by atoms with Gasteiger partial charge >= 0.3 is 0 Å². The lowest BCUT2D eigenvalue weighted by Gasteiger charge is -2.32. The molecule has 90 valence electrons. The van der Waals surface area contributed by atoms with Crippen molar-refractivity contribution in [3.8, 4) is 0 Å². The van der Waals surface area contributed by atoms with Gasteiger partial charge in [-0.05, 0) is 19.1 Å². The Morgan fingerprint density at radius 3 is 2.75 bits per heavy atom. The molecule has 2 rings (SSSR count). The Bertz CT molecular complexity index is 329. The van der Waals surface area contributed by atoms with Gasteiger partial charge in [-0.15, -0.1) is 0 Å². The molecule has 0 unspecified atom stereocenters. The zero-order valence-electron chi connectivity index (χ0n) is 9.66. The lowest BCUT2D eigenvalue weighted by atomic mass is 9.94. The molecule has 1 aliphatic heterocycles. The highest BCUT2D eigenvalue weighted by Gasteiger charge is 2.29. The van der Waals surface area contributed by atoms with E-state index in [9.17, 15) is 5.11 Å². The normalized spacial score (nSPS) is 19.9. The van der Waals surface area contributed by atoms with Crippen molar-refractivity contribution in [1.82, 2.24) is 5.32 Å². The fraction of sp³-hybridized carbons (Fsp3) is 0.667. The van der Waals surface area contributed by atoms with Crippen LogP contribution in [0.25, 0.3) is 0 Å². The lowest BCUT2D eigenvalue weighted by Crippen LogP contribution is -2.44. The minimum Gasteiger partial charge on any atom is -0.465 e. The monoisotopic (exact) mass is 225 g/mol. The lowest BCUT2D eigenvalue weighted by molar-refractivity contribution is -0.0618. The van der Waals surface area contributed by atoms with Gasteiger partial charge in [-0.3, -0.25) is 0 Å². The van der Waals surface area contributed by atoms with Crippen LogP contribution in [0, 0.1) is 6.92 Å². The first-order valence-corrected chi connectivity index (χ1v) is 5.74. The molecule has 1 aliphatic rings. The summed E-state index contributed by atoms with van der Waals surface area (Å²) in [4.78, 5) is 0. The Labute approximate surface area is 95.6 Å². The zero-order chi connectivity index (χ0) is 11.4. The van der Waals surface area contributed by atoms with E-state index in [0.717, 1.165) is 11.5 Å². The van der Waals surface area contributed by atoms with E-state index < -0.39 is 5.60 Å². The molecule has 0 saturated carbocycles. The summed E-state index contributed by atoms with van der Waals surface area (Å²) in [5.41, 5.74) is -0.611. The summed E-state index contributed by atoms with van der Waals surface area (Å²) in [5, 5.41) is 13.4. The summed E-state index contributed by atoms with van der Waals surface area (Å²) in [6, 6.07) is 3.90. The van der Waals surface area contributed by atoms with Crippen LogP contribution in [0.3, 0.4) is 0 Å². The number of rotatable bonds is 4. The van der Waals surface area contributed by atoms with Crippen LogP contribution >= 0.6 is 0 Å². The quantitative estimate of drug-likeness (QED) is 0.809. The van der Waals surface area contributed by atoms with Crippen LogP contribution in [0.15, 0.2) is 16.5 Å². The van der Waals surface area contributed by atoms with Crippen molar-refractivity contribution in [2.24, 2.45) is 0 Å². The van der Waals surface area contributed by atoms with E-state index in [1.807, 2.05) is 19.1 Å². The SMILES string of the molecule is Cc1ccc(CNCC2(O)CCOCC2)o1. The predicted molar refractivity (Wildman–Crippen MR) is 60.2 cm³/mol. The number of aliphatic hydroxyl groups is 1. The molecule has 0 atom stereocenters. The second-order valence-electron chi connectivity index (χ2n) is 4.45. The van der Waals surface area contributed by atoms with Crippen molar-refractivity contribution in [1.29, 1.82) is 0 Å². The fourth-order valence-electron chi connectivity index (χ4n) is 1.93. The molecule has 0 aromatic carbocycles. The number of hydrogen-bond donors (Lipinski definition) is 2. The van der Waals surface area contributed by atoms with Crippen LogP contribution in [0.5, 0.6) is 0 Å². The Morgan fingerprint density at radius 2 is 2.12 bits per heavy atom. The highest BCUT2D eigenvalue weighted by molar-refractivity contribution is 5.05. The molecule has 0 radical (unpaired) electrons. The maximum atomic E-state index is 10.2. The maximum absolute atomic E-state index is 10.2. The molecule has 0 spiro atoms. The van der Waals surface area contributed by atoms with Gasteiger partial charge < -0.3 is 19.6 Å². The van der Waals surface area contributed by atoms with Crippen molar-refractivity contribution in [3.63, 3.8) is 0 Å². The molecular formula is C12H19NO3. The number of hydrogen-bond acceptors (Lipinski definition) is 4. The van der Waals surface area contributed by atoms with Crippen LogP contribution in [-0.4, -0.2) is 30.5 Å².